The lowest BCUT2D eigenvalue weighted by Gasteiger charge is -2.18. The Labute approximate surface area is 61.2 Å². The van der Waals surface area contributed by atoms with E-state index in [0.29, 0.717) is 17.6 Å². The van der Waals surface area contributed by atoms with Gasteiger partial charge in [0.05, 0.1) is 0 Å². The molecule has 2 saturated heterocycles. The van der Waals surface area contributed by atoms with Crippen molar-refractivity contribution in [2.45, 2.75) is 13.3 Å². The topological polar surface area (TPSA) is 20.3 Å². The first-order valence-electron chi connectivity index (χ1n) is 4.00. The third-order valence-electron chi connectivity index (χ3n) is 2.85. The number of Topliss-reactive ketones (excluding diaryl/α,β-unsaturated/α-hetero) is 1. The molecular weight excluding hydrogens is 126 g/mol. The SMILES string of the molecule is CC(=O)[C@H]1CN2CC[C@@H]1C2. The van der Waals surface area contributed by atoms with E-state index in [1.807, 2.05) is 0 Å². The van der Waals surface area contributed by atoms with Crippen molar-refractivity contribution < 1.29 is 4.79 Å². The predicted octanol–water partition coefficient (Wildman–Crippen LogP) is 0.527. The van der Waals surface area contributed by atoms with Crippen molar-refractivity contribution in [2.24, 2.45) is 11.8 Å². The zero-order chi connectivity index (χ0) is 7.14. The second-order valence-corrected chi connectivity index (χ2v) is 3.53. The van der Waals surface area contributed by atoms with Gasteiger partial charge in [-0.2, -0.15) is 0 Å². The lowest BCUT2D eigenvalue weighted by molar-refractivity contribution is -0.121. The van der Waals surface area contributed by atoms with Gasteiger partial charge in [-0.1, -0.05) is 0 Å². The van der Waals surface area contributed by atoms with E-state index in [1.165, 1.54) is 19.5 Å². The smallest absolute Gasteiger partial charge is 0.134 e. The van der Waals surface area contributed by atoms with Gasteiger partial charge in [0.2, 0.25) is 0 Å². The molecular formula is C8H13NO. The van der Waals surface area contributed by atoms with Crippen LogP contribution in [0.1, 0.15) is 13.3 Å². The maximum atomic E-state index is 11.0. The fourth-order valence-electron chi connectivity index (χ4n) is 2.24. The summed E-state index contributed by atoms with van der Waals surface area (Å²) in [4.78, 5) is 13.4. The van der Waals surface area contributed by atoms with Crippen molar-refractivity contribution in [3.63, 3.8) is 0 Å². The number of ketones is 1. The number of carbonyl (C=O) groups is 1. The van der Waals surface area contributed by atoms with E-state index < -0.39 is 0 Å². The third kappa shape index (κ3) is 0.788. The number of piperidine rings is 1. The highest BCUT2D eigenvalue weighted by Gasteiger charge is 2.39. The van der Waals surface area contributed by atoms with Crippen molar-refractivity contribution in [1.29, 1.82) is 0 Å². The molecule has 0 N–H and O–H groups in total. The fourth-order valence-corrected chi connectivity index (χ4v) is 2.24. The van der Waals surface area contributed by atoms with Gasteiger partial charge in [-0.05, 0) is 25.8 Å². The summed E-state index contributed by atoms with van der Waals surface area (Å²) < 4.78 is 0. The summed E-state index contributed by atoms with van der Waals surface area (Å²) in [6, 6.07) is 0. The van der Waals surface area contributed by atoms with Crippen LogP contribution in [0, 0.1) is 11.8 Å². The monoisotopic (exact) mass is 139 g/mol. The normalized spacial score (nSPS) is 44.3. The van der Waals surface area contributed by atoms with E-state index in [-0.39, 0.29) is 0 Å². The van der Waals surface area contributed by atoms with Gasteiger partial charge in [-0.3, -0.25) is 4.79 Å². The summed E-state index contributed by atoms with van der Waals surface area (Å²) >= 11 is 0. The summed E-state index contributed by atoms with van der Waals surface area (Å²) in [7, 11) is 0. The van der Waals surface area contributed by atoms with Crippen LogP contribution in [0.4, 0.5) is 0 Å². The molecule has 2 heterocycles. The second-order valence-electron chi connectivity index (χ2n) is 3.53. The molecule has 0 radical (unpaired) electrons. The van der Waals surface area contributed by atoms with Gasteiger partial charge in [0.1, 0.15) is 5.78 Å². The molecule has 0 saturated carbocycles. The van der Waals surface area contributed by atoms with E-state index in [1.54, 1.807) is 6.92 Å². The summed E-state index contributed by atoms with van der Waals surface area (Å²) in [6.07, 6.45) is 1.25. The van der Waals surface area contributed by atoms with E-state index >= 15 is 0 Å². The van der Waals surface area contributed by atoms with Crippen molar-refractivity contribution >= 4 is 5.78 Å². The Morgan fingerprint density at radius 3 is 2.60 bits per heavy atom. The number of nitrogens with zero attached hydrogens (tertiary/aromatic N) is 1. The van der Waals surface area contributed by atoms with Crippen LogP contribution in [0.15, 0.2) is 0 Å². The molecule has 0 spiro atoms. The summed E-state index contributed by atoms with van der Waals surface area (Å²) in [5, 5.41) is 0. The first kappa shape index (κ1) is 6.35. The highest BCUT2D eigenvalue weighted by atomic mass is 16.1. The summed E-state index contributed by atoms with van der Waals surface area (Å²) in [6.45, 7) is 5.19. The van der Waals surface area contributed by atoms with Crippen LogP contribution in [-0.2, 0) is 4.79 Å². The average molecular weight is 139 g/mol. The van der Waals surface area contributed by atoms with E-state index in [4.69, 9.17) is 0 Å². The number of hydrogen-bond acceptors (Lipinski definition) is 2. The van der Waals surface area contributed by atoms with E-state index in [2.05, 4.69) is 4.90 Å². The lowest BCUT2D eigenvalue weighted by Crippen LogP contribution is -2.27. The van der Waals surface area contributed by atoms with E-state index in [0.717, 1.165) is 6.54 Å². The Morgan fingerprint density at radius 1 is 1.50 bits per heavy atom. The lowest BCUT2D eigenvalue weighted by atomic mass is 9.90. The fraction of sp³-hybridized carbons (Fsp3) is 0.875. The Bertz CT molecular complexity index is 167. The number of rotatable bonds is 1. The highest BCUT2D eigenvalue weighted by molar-refractivity contribution is 5.79. The molecule has 0 aromatic carbocycles. The van der Waals surface area contributed by atoms with Gasteiger partial charge in [0.25, 0.3) is 0 Å². The molecule has 2 aliphatic rings. The standard InChI is InChI=1S/C8H13NO/c1-6(10)8-5-9-3-2-7(8)4-9/h7-8H,2-5H2,1H3/t7-,8-/m1/s1. The minimum Gasteiger partial charge on any atom is -0.302 e. The van der Waals surface area contributed by atoms with Gasteiger partial charge in [-0.25, -0.2) is 0 Å². The van der Waals surface area contributed by atoms with Crippen LogP contribution in [0.5, 0.6) is 0 Å². The average Bonchev–Trinajstić information content (AvgIpc) is 2.44. The quantitative estimate of drug-likeness (QED) is 0.528. The predicted molar refractivity (Wildman–Crippen MR) is 38.7 cm³/mol. The zero-order valence-electron chi connectivity index (χ0n) is 6.34. The number of fused-ring (bicyclic) bond motifs is 2. The molecule has 2 rings (SSSR count). The molecule has 2 heteroatoms. The molecule has 3 atom stereocenters. The number of hydrogen-bond donors (Lipinski definition) is 0. The van der Waals surface area contributed by atoms with Crippen molar-refractivity contribution in [3.05, 3.63) is 0 Å². The Balaban J connectivity index is 2.08. The first-order valence-corrected chi connectivity index (χ1v) is 4.00. The van der Waals surface area contributed by atoms with Gasteiger partial charge < -0.3 is 4.90 Å². The molecule has 1 unspecified atom stereocenters. The van der Waals surface area contributed by atoms with Crippen LogP contribution < -0.4 is 0 Å². The molecule has 56 valence electrons. The maximum absolute atomic E-state index is 11.0. The molecule has 0 aliphatic carbocycles. The molecule has 2 aliphatic heterocycles. The molecule has 0 aromatic heterocycles. The summed E-state index contributed by atoms with van der Waals surface area (Å²) in [5.74, 6) is 1.48. The van der Waals surface area contributed by atoms with Crippen LogP contribution >= 0.6 is 0 Å². The van der Waals surface area contributed by atoms with Gasteiger partial charge in [0.15, 0.2) is 0 Å². The van der Waals surface area contributed by atoms with E-state index in [9.17, 15) is 4.79 Å². The van der Waals surface area contributed by atoms with Gasteiger partial charge >= 0.3 is 0 Å². The van der Waals surface area contributed by atoms with Crippen LogP contribution in [0.25, 0.3) is 0 Å². The molecule has 2 nitrogen and oxygen atoms in total. The molecule has 0 amide bonds. The van der Waals surface area contributed by atoms with Crippen molar-refractivity contribution in [2.75, 3.05) is 19.6 Å². The van der Waals surface area contributed by atoms with Crippen LogP contribution in [0.3, 0.4) is 0 Å². The molecule has 0 aromatic rings. The van der Waals surface area contributed by atoms with Crippen molar-refractivity contribution in [3.8, 4) is 0 Å². The second kappa shape index (κ2) is 2.06. The Morgan fingerprint density at radius 2 is 2.30 bits per heavy atom. The van der Waals surface area contributed by atoms with Crippen LogP contribution in [0.2, 0.25) is 0 Å². The highest BCUT2D eigenvalue weighted by Crippen LogP contribution is 2.32. The number of carbonyl (C=O) groups excluding carboxylic acids is 1. The van der Waals surface area contributed by atoms with Gasteiger partial charge in [-0.15, -0.1) is 0 Å². The van der Waals surface area contributed by atoms with Crippen LogP contribution in [-0.4, -0.2) is 30.3 Å². The molecule has 2 bridgehead atoms. The minimum absolute atomic E-state index is 0.383. The first-order chi connectivity index (χ1) is 4.77. The Kier molecular flexibility index (Phi) is 1.31. The Hall–Kier alpha value is -0.370. The van der Waals surface area contributed by atoms with Crippen molar-refractivity contribution in [1.82, 2.24) is 4.90 Å². The maximum Gasteiger partial charge on any atom is 0.134 e. The largest absolute Gasteiger partial charge is 0.302 e. The zero-order valence-corrected chi connectivity index (χ0v) is 6.34. The summed E-state index contributed by atoms with van der Waals surface area (Å²) in [5.41, 5.74) is 0. The molecule has 2 fully saturated rings. The third-order valence-corrected chi connectivity index (χ3v) is 2.85. The minimum atomic E-state index is 0.383. The molecule has 10 heavy (non-hydrogen) atoms. The van der Waals surface area contributed by atoms with Gasteiger partial charge in [0, 0.05) is 19.0 Å².